The van der Waals surface area contributed by atoms with Crippen LogP contribution < -0.4 is 0 Å². The highest BCUT2D eigenvalue weighted by molar-refractivity contribution is 5.80. The molecule has 8 nitrogen and oxygen atoms in total. The van der Waals surface area contributed by atoms with Gasteiger partial charge in [0.1, 0.15) is 30.2 Å². The van der Waals surface area contributed by atoms with Crippen LogP contribution in [-0.2, 0) is 14.3 Å². The first kappa shape index (κ1) is 22.7. The fourth-order valence-electron chi connectivity index (χ4n) is 4.52. The molecule has 2 rings (SSSR count). The van der Waals surface area contributed by atoms with Gasteiger partial charge < -0.3 is 35.0 Å². The van der Waals surface area contributed by atoms with Crippen molar-refractivity contribution in [1.29, 1.82) is 0 Å². The Morgan fingerprint density at radius 2 is 1.89 bits per heavy atom. The molecule has 2 fully saturated rings. The van der Waals surface area contributed by atoms with E-state index in [1.54, 1.807) is 0 Å². The van der Waals surface area contributed by atoms with Crippen molar-refractivity contribution in [2.24, 2.45) is 17.3 Å². The molecule has 8 atom stereocenters. The van der Waals surface area contributed by atoms with E-state index < -0.39 is 43.4 Å². The third-order valence-electron chi connectivity index (χ3n) is 6.01. The lowest BCUT2D eigenvalue weighted by Crippen LogP contribution is -2.59. The van der Waals surface area contributed by atoms with Gasteiger partial charge in [0.05, 0.1) is 19.3 Å². The summed E-state index contributed by atoms with van der Waals surface area (Å²) in [5.74, 6) is 0.868. The van der Waals surface area contributed by atoms with Gasteiger partial charge in [0.25, 0.3) is 0 Å². The molecule has 1 aliphatic carbocycles. The second-order valence-electron chi connectivity index (χ2n) is 8.75. The van der Waals surface area contributed by atoms with Crippen LogP contribution in [0.4, 0.5) is 0 Å². The van der Waals surface area contributed by atoms with Gasteiger partial charge in [0.2, 0.25) is 0 Å². The first-order chi connectivity index (χ1) is 12.6. The molecule has 158 valence electrons. The number of carbonyl (C=O) groups excluding carboxylic acids is 1. The zero-order chi connectivity index (χ0) is 20.4. The van der Waals surface area contributed by atoms with Crippen LogP contribution in [0.5, 0.6) is 0 Å². The van der Waals surface area contributed by atoms with Gasteiger partial charge in [-0.1, -0.05) is 20.8 Å². The van der Waals surface area contributed by atoms with Gasteiger partial charge in [-0.15, -0.1) is 0 Å². The Kier molecular flexibility index (Phi) is 7.78. The van der Waals surface area contributed by atoms with Crippen molar-refractivity contribution in [3.05, 3.63) is 0 Å². The summed E-state index contributed by atoms with van der Waals surface area (Å²) in [7, 11) is 0. The lowest BCUT2D eigenvalue weighted by Gasteiger charge is -2.42. The number of carbonyl (C=O) groups is 1. The summed E-state index contributed by atoms with van der Waals surface area (Å²) in [4.78, 5) is 11.8. The van der Waals surface area contributed by atoms with E-state index in [2.05, 4.69) is 20.8 Å². The summed E-state index contributed by atoms with van der Waals surface area (Å²) in [5, 5.41) is 48.9. The molecule has 0 aromatic carbocycles. The molecule has 1 aliphatic heterocycles. The minimum Gasteiger partial charge on any atom is -0.394 e. The summed E-state index contributed by atoms with van der Waals surface area (Å²) in [6.07, 6.45) is -5.12. The van der Waals surface area contributed by atoms with E-state index in [1.807, 2.05) is 0 Å². The van der Waals surface area contributed by atoms with Gasteiger partial charge in [-0.25, -0.2) is 0 Å². The largest absolute Gasteiger partial charge is 0.394 e. The van der Waals surface area contributed by atoms with Gasteiger partial charge >= 0.3 is 0 Å². The topological polar surface area (TPSA) is 137 Å². The molecular formula is C19H34O8. The minimum atomic E-state index is -1.50. The van der Waals surface area contributed by atoms with E-state index in [0.29, 0.717) is 25.2 Å². The van der Waals surface area contributed by atoms with Crippen molar-refractivity contribution in [3.63, 3.8) is 0 Å². The highest BCUT2D eigenvalue weighted by Gasteiger charge is 2.44. The van der Waals surface area contributed by atoms with E-state index in [1.165, 1.54) is 0 Å². The van der Waals surface area contributed by atoms with Crippen LogP contribution >= 0.6 is 0 Å². The summed E-state index contributed by atoms with van der Waals surface area (Å²) >= 11 is 0. The van der Waals surface area contributed by atoms with Crippen molar-refractivity contribution in [2.45, 2.75) is 83.3 Å². The highest BCUT2D eigenvalue weighted by atomic mass is 16.7. The maximum absolute atomic E-state index is 11.8. The number of hydrogen-bond acceptors (Lipinski definition) is 8. The molecule has 8 heteroatoms. The van der Waals surface area contributed by atoms with Crippen LogP contribution in [0.15, 0.2) is 0 Å². The van der Waals surface area contributed by atoms with Crippen molar-refractivity contribution >= 4 is 5.78 Å². The average molecular weight is 390 g/mol. The number of aliphatic hydroxyl groups is 5. The third-order valence-corrected chi connectivity index (χ3v) is 6.01. The summed E-state index contributed by atoms with van der Waals surface area (Å²) in [5.41, 5.74) is -0.105. The van der Waals surface area contributed by atoms with Gasteiger partial charge in [-0.2, -0.15) is 0 Å². The first-order valence-electron chi connectivity index (χ1n) is 9.68. The van der Waals surface area contributed by atoms with Gasteiger partial charge in [0.15, 0.2) is 6.29 Å². The standard InChI is InChI=1S/C19H34O8/c1-10-6-12(22)7-19(2,3)13(10)5-4-11(21)9-26-18-17(25)16(24)15(23)14(8-20)27-18/h10-11,13-18,20-21,23-25H,4-9H2,1-3H3/t10-,11+,13+,14-,15-,16+,17-,18-/m1/s1. The minimum absolute atomic E-state index is 0.105. The van der Waals surface area contributed by atoms with Crippen LogP contribution in [0.3, 0.4) is 0 Å². The number of ketones is 1. The maximum atomic E-state index is 11.8. The van der Waals surface area contributed by atoms with Gasteiger partial charge in [-0.05, 0) is 30.1 Å². The Balaban J connectivity index is 1.82. The van der Waals surface area contributed by atoms with Crippen LogP contribution in [0.1, 0.15) is 46.5 Å². The fourth-order valence-corrected chi connectivity index (χ4v) is 4.52. The van der Waals surface area contributed by atoms with Crippen LogP contribution in [0.2, 0.25) is 0 Å². The van der Waals surface area contributed by atoms with E-state index in [0.717, 1.165) is 6.42 Å². The van der Waals surface area contributed by atoms with Crippen LogP contribution in [0.25, 0.3) is 0 Å². The Hall–Kier alpha value is -0.610. The second kappa shape index (κ2) is 9.26. The first-order valence-corrected chi connectivity index (χ1v) is 9.68. The normalized spacial score (nSPS) is 40.7. The number of rotatable bonds is 7. The van der Waals surface area contributed by atoms with Gasteiger partial charge in [-0.3, -0.25) is 4.79 Å². The molecule has 1 saturated heterocycles. The predicted molar refractivity (Wildman–Crippen MR) is 95.6 cm³/mol. The Bertz CT molecular complexity index is 494. The van der Waals surface area contributed by atoms with E-state index in [9.17, 15) is 30.3 Å². The van der Waals surface area contributed by atoms with Crippen molar-refractivity contribution in [3.8, 4) is 0 Å². The molecule has 2 aliphatic rings. The van der Waals surface area contributed by atoms with Crippen LogP contribution in [0, 0.1) is 17.3 Å². The third kappa shape index (κ3) is 5.47. The molecule has 27 heavy (non-hydrogen) atoms. The number of hydrogen-bond donors (Lipinski definition) is 5. The SMILES string of the molecule is C[C@@H]1CC(=O)CC(C)(C)[C@H]1CC[C@H](O)CO[C@@H]1O[C@H](CO)[C@@H](O)[C@H](O)[C@H]1O. The summed E-state index contributed by atoms with van der Waals surface area (Å²) in [6, 6.07) is 0. The molecule has 1 heterocycles. The molecule has 0 aromatic heterocycles. The zero-order valence-corrected chi connectivity index (χ0v) is 16.3. The lowest BCUT2D eigenvalue weighted by atomic mass is 9.62. The van der Waals surface area contributed by atoms with Crippen molar-refractivity contribution < 1.29 is 39.8 Å². The molecular weight excluding hydrogens is 356 g/mol. The summed E-state index contributed by atoms with van der Waals surface area (Å²) < 4.78 is 10.6. The molecule has 0 spiro atoms. The monoisotopic (exact) mass is 390 g/mol. The number of Topliss-reactive ketones (excluding diaryl/α,β-unsaturated/α-hetero) is 1. The quantitative estimate of drug-likeness (QED) is 0.396. The molecule has 0 unspecified atom stereocenters. The second-order valence-corrected chi connectivity index (χ2v) is 8.75. The lowest BCUT2D eigenvalue weighted by molar-refractivity contribution is -0.304. The Morgan fingerprint density at radius 3 is 2.48 bits per heavy atom. The highest BCUT2D eigenvalue weighted by Crippen LogP contribution is 2.44. The molecule has 0 amide bonds. The zero-order valence-electron chi connectivity index (χ0n) is 16.3. The predicted octanol–water partition coefficient (Wildman–Crippen LogP) is -0.415. The Morgan fingerprint density at radius 1 is 1.22 bits per heavy atom. The molecule has 0 aromatic rings. The van der Waals surface area contributed by atoms with Crippen LogP contribution in [-0.4, -0.2) is 81.3 Å². The van der Waals surface area contributed by atoms with E-state index in [-0.39, 0.29) is 23.7 Å². The smallest absolute Gasteiger partial charge is 0.186 e. The van der Waals surface area contributed by atoms with Gasteiger partial charge in [0, 0.05) is 12.8 Å². The van der Waals surface area contributed by atoms with E-state index in [4.69, 9.17) is 9.47 Å². The molecule has 0 bridgehead atoms. The summed E-state index contributed by atoms with van der Waals surface area (Å²) in [6.45, 7) is 5.61. The molecule has 0 radical (unpaired) electrons. The number of ether oxygens (including phenoxy) is 2. The van der Waals surface area contributed by atoms with Crippen molar-refractivity contribution in [1.82, 2.24) is 0 Å². The van der Waals surface area contributed by atoms with E-state index >= 15 is 0 Å². The maximum Gasteiger partial charge on any atom is 0.186 e. The van der Waals surface area contributed by atoms with Crippen molar-refractivity contribution in [2.75, 3.05) is 13.2 Å². The average Bonchev–Trinajstić information content (AvgIpc) is 2.57. The Labute approximate surface area is 160 Å². The molecule has 1 saturated carbocycles. The molecule has 5 N–H and O–H groups in total. The fraction of sp³-hybridized carbons (Fsp3) is 0.947. The number of aliphatic hydroxyl groups excluding tert-OH is 5.